The van der Waals surface area contributed by atoms with Gasteiger partial charge in [0.15, 0.2) is 0 Å². The molecule has 2 rings (SSSR count). The minimum absolute atomic E-state index is 0.0675. The molecule has 0 bridgehead atoms. The van der Waals surface area contributed by atoms with Gasteiger partial charge in [0.25, 0.3) is 5.56 Å². The summed E-state index contributed by atoms with van der Waals surface area (Å²) < 4.78 is 1.68. The maximum atomic E-state index is 11.9. The van der Waals surface area contributed by atoms with Crippen LogP contribution in [0.25, 0.3) is 0 Å². The number of rotatable bonds is 3. The summed E-state index contributed by atoms with van der Waals surface area (Å²) >= 11 is 1.52. The molecule has 0 amide bonds. The fourth-order valence-electron chi connectivity index (χ4n) is 1.53. The maximum Gasteiger partial charge on any atom is 0.254 e. The maximum absolute atomic E-state index is 11.9. The van der Waals surface area contributed by atoms with Crippen LogP contribution in [0.2, 0.25) is 0 Å². The molecule has 5 heteroatoms. The van der Waals surface area contributed by atoms with Crippen molar-refractivity contribution in [3.63, 3.8) is 0 Å². The number of aromatic nitrogens is 3. The van der Waals surface area contributed by atoms with Crippen LogP contribution >= 0.6 is 11.3 Å². The van der Waals surface area contributed by atoms with E-state index in [1.165, 1.54) is 11.3 Å². The van der Waals surface area contributed by atoms with Crippen LogP contribution in [0.3, 0.4) is 0 Å². The summed E-state index contributed by atoms with van der Waals surface area (Å²) in [5.41, 5.74) is 0.904. The number of pyridine rings is 1. The van der Waals surface area contributed by atoms with E-state index < -0.39 is 0 Å². The highest BCUT2D eigenvalue weighted by molar-refractivity contribution is 7.11. The Kier molecular flexibility index (Phi) is 3.14. The molecule has 2 aromatic heterocycles. The Bertz CT molecular complexity index is 544. The van der Waals surface area contributed by atoms with E-state index in [0.29, 0.717) is 6.54 Å². The van der Waals surface area contributed by atoms with E-state index in [9.17, 15) is 4.79 Å². The van der Waals surface area contributed by atoms with Crippen molar-refractivity contribution < 1.29 is 0 Å². The molecule has 0 fully saturated rings. The Hall–Kier alpha value is -1.49. The summed E-state index contributed by atoms with van der Waals surface area (Å²) in [7, 11) is 0. The van der Waals surface area contributed by atoms with Crippen molar-refractivity contribution >= 4 is 11.3 Å². The number of hydrogen-bond acceptors (Lipinski definition) is 4. The van der Waals surface area contributed by atoms with E-state index in [1.54, 1.807) is 10.8 Å². The molecule has 16 heavy (non-hydrogen) atoms. The van der Waals surface area contributed by atoms with Gasteiger partial charge in [-0.1, -0.05) is 24.3 Å². The van der Waals surface area contributed by atoms with E-state index in [0.717, 1.165) is 22.0 Å². The second-order valence-corrected chi connectivity index (χ2v) is 4.80. The lowest BCUT2D eigenvalue weighted by Crippen LogP contribution is -2.22. The Balaban J connectivity index is 2.31. The summed E-state index contributed by atoms with van der Waals surface area (Å²) in [6.45, 7) is 4.40. The molecule has 2 heterocycles. The van der Waals surface area contributed by atoms with Crippen LogP contribution in [0.4, 0.5) is 0 Å². The van der Waals surface area contributed by atoms with Gasteiger partial charge in [-0.15, -0.1) is 10.2 Å². The zero-order valence-corrected chi connectivity index (χ0v) is 10.1. The molecule has 0 aliphatic heterocycles. The van der Waals surface area contributed by atoms with E-state index in [4.69, 9.17) is 0 Å². The first-order chi connectivity index (χ1) is 7.70. The third-order valence-corrected chi connectivity index (χ3v) is 3.18. The van der Waals surface area contributed by atoms with Crippen LogP contribution in [-0.2, 0) is 13.0 Å². The van der Waals surface area contributed by atoms with Gasteiger partial charge in [-0.2, -0.15) is 0 Å². The molecule has 0 atom stereocenters. The molecule has 0 saturated heterocycles. The summed E-state index contributed by atoms with van der Waals surface area (Å²) in [5.74, 6) is 0. The van der Waals surface area contributed by atoms with Crippen molar-refractivity contribution in [1.82, 2.24) is 14.8 Å². The standard InChI is InChI=1S/C11H13N3OS/c1-3-9-5-4-6-14(11(9)15)7-10-13-12-8(2)16-10/h4-6H,3,7H2,1-2H3. The van der Waals surface area contributed by atoms with E-state index >= 15 is 0 Å². The smallest absolute Gasteiger partial charge is 0.254 e. The van der Waals surface area contributed by atoms with E-state index in [1.807, 2.05) is 26.0 Å². The third kappa shape index (κ3) is 2.19. The summed E-state index contributed by atoms with van der Waals surface area (Å²) in [6.07, 6.45) is 2.55. The number of aryl methyl sites for hydroxylation is 2. The van der Waals surface area contributed by atoms with Gasteiger partial charge in [0.05, 0.1) is 6.54 Å². The molecule has 0 spiro atoms. The summed E-state index contributed by atoms with van der Waals surface area (Å²) in [5, 5.41) is 9.75. The molecule has 0 aromatic carbocycles. The second kappa shape index (κ2) is 4.57. The number of nitrogens with zero attached hydrogens (tertiary/aromatic N) is 3. The molecule has 0 aliphatic rings. The van der Waals surface area contributed by atoms with Crippen LogP contribution < -0.4 is 5.56 Å². The molecule has 4 nitrogen and oxygen atoms in total. The molecular weight excluding hydrogens is 222 g/mol. The van der Waals surface area contributed by atoms with Crippen molar-refractivity contribution in [2.24, 2.45) is 0 Å². The highest BCUT2D eigenvalue weighted by Gasteiger charge is 2.05. The minimum Gasteiger partial charge on any atom is -0.308 e. The van der Waals surface area contributed by atoms with Gasteiger partial charge in [-0.05, 0) is 19.4 Å². The first kappa shape index (κ1) is 11.0. The number of hydrogen-bond donors (Lipinski definition) is 0. The Morgan fingerprint density at radius 2 is 2.25 bits per heavy atom. The van der Waals surface area contributed by atoms with Crippen molar-refractivity contribution in [1.29, 1.82) is 0 Å². The van der Waals surface area contributed by atoms with Crippen molar-refractivity contribution in [3.05, 3.63) is 44.3 Å². The van der Waals surface area contributed by atoms with E-state index in [2.05, 4.69) is 10.2 Å². The highest BCUT2D eigenvalue weighted by atomic mass is 32.1. The van der Waals surface area contributed by atoms with Gasteiger partial charge >= 0.3 is 0 Å². The highest BCUT2D eigenvalue weighted by Crippen LogP contribution is 2.08. The molecular formula is C11H13N3OS. The van der Waals surface area contributed by atoms with Crippen molar-refractivity contribution in [2.75, 3.05) is 0 Å². The molecule has 0 N–H and O–H groups in total. The molecule has 0 saturated carbocycles. The molecule has 0 aliphatic carbocycles. The minimum atomic E-state index is 0.0675. The topological polar surface area (TPSA) is 47.8 Å². The quantitative estimate of drug-likeness (QED) is 0.812. The molecule has 0 radical (unpaired) electrons. The summed E-state index contributed by atoms with van der Waals surface area (Å²) in [6, 6.07) is 3.76. The summed E-state index contributed by atoms with van der Waals surface area (Å²) in [4.78, 5) is 11.9. The lowest BCUT2D eigenvalue weighted by Gasteiger charge is -2.04. The van der Waals surface area contributed by atoms with Gasteiger partial charge in [-0.25, -0.2) is 0 Å². The monoisotopic (exact) mass is 235 g/mol. The Morgan fingerprint density at radius 1 is 1.44 bits per heavy atom. The second-order valence-electron chi connectivity index (χ2n) is 3.53. The lowest BCUT2D eigenvalue weighted by atomic mass is 10.2. The van der Waals surface area contributed by atoms with Crippen LogP contribution in [0.1, 0.15) is 22.5 Å². The van der Waals surface area contributed by atoms with Crippen LogP contribution in [-0.4, -0.2) is 14.8 Å². The first-order valence-corrected chi connectivity index (χ1v) is 5.99. The van der Waals surface area contributed by atoms with Crippen LogP contribution in [0, 0.1) is 6.92 Å². The fraction of sp³-hybridized carbons (Fsp3) is 0.364. The van der Waals surface area contributed by atoms with E-state index in [-0.39, 0.29) is 5.56 Å². The molecule has 84 valence electrons. The molecule has 0 unspecified atom stereocenters. The predicted octanol–water partition coefficient (Wildman–Crippen LogP) is 1.62. The van der Waals surface area contributed by atoms with Crippen LogP contribution in [0.15, 0.2) is 23.1 Å². The Labute approximate surface area is 97.6 Å². The Morgan fingerprint density at radius 3 is 2.88 bits per heavy atom. The first-order valence-electron chi connectivity index (χ1n) is 5.18. The largest absolute Gasteiger partial charge is 0.308 e. The van der Waals surface area contributed by atoms with Crippen LogP contribution in [0.5, 0.6) is 0 Å². The zero-order valence-electron chi connectivity index (χ0n) is 9.30. The molecule has 2 aromatic rings. The van der Waals surface area contributed by atoms with Crippen molar-refractivity contribution in [2.45, 2.75) is 26.8 Å². The van der Waals surface area contributed by atoms with Gasteiger partial charge in [0.1, 0.15) is 10.0 Å². The van der Waals surface area contributed by atoms with Crippen molar-refractivity contribution in [3.8, 4) is 0 Å². The average Bonchev–Trinajstić information content (AvgIpc) is 2.67. The zero-order chi connectivity index (χ0) is 11.5. The predicted molar refractivity (Wildman–Crippen MR) is 63.8 cm³/mol. The average molecular weight is 235 g/mol. The third-order valence-electron chi connectivity index (χ3n) is 2.35. The normalized spacial score (nSPS) is 10.6. The van der Waals surface area contributed by atoms with Gasteiger partial charge in [0, 0.05) is 11.8 Å². The fourth-order valence-corrected chi connectivity index (χ4v) is 2.24. The van der Waals surface area contributed by atoms with Gasteiger partial charge in [0.2, 0.25) is 0 Å². The van der Waals surface area contributed by atoms with Gasteiger partial charge < -0.3 is 4.57 Å². The lowest BCUT2D eigenvalue weighted by molar-refractivity contribution is 0.731. The SMILES string of the molecule is CCc1cccn(Cc2nnc(C)s2)c1=O. The van der Waals surface area contributed by atoms with Gasteiger partial charge in [-0.3, -0.25) is 4.79 Å².